The Morgan fingerprint density at radius 2 is 1.71 bits per heavy atom. The molecule has 2 aromatic heterocycles. The predicted octanol–water partition coefficient (Wildman–Crippen LogP) is 3.90. The van der Waals surface area contributed by atoms with E-state index in [4.69, 9.17) is 4.98 Å². The van der Waals surface area contributed by atoms with E-state index >= 15 is 0 Å². The Labute approximate surface area is 207 Å². The van der Waals surface area contributed by atoms with E-state index in [1.165, 1.54) is 18.5 Å². The largest absolute Gasteiger partial charge is 0.369 e. The van der Waals surface area contributed by atoms with E-state index in [1.807, 2.05) is 34.9 Å². The first-order chi connectivity index (χ1) is 17.1. The summed E-state index contributed by atoms with van der Waals surface area (Å²) in [6, 6.07) is 17.9. The van der Waals surface area contributed by atoms with Crippen LogP contribution in [0.1, 0.15) is 12.8 Å². The van der Waals surface area contributed by atoms with Gasteiger partial charge in [-0.3, -0.25) is 0 Å². The highest BCUT2D eigenvalue weighted by atomic mass is 32.2. The molecule has 0 bridgehead atoms. The minimum atomic E-state index is -1.38. The number of piperazine rings is 1. The minimum absolute atomic E-state index is 0.513. The van der Waals surface area contributed by atoms with Gasteiger partial charge in [-0.15, -0.1) is 0 Å². The minimum Gasteiger partial charge on any atom is -0.369 e. The third kappa shape index (κ3) is 4.78. The molecule has 2 fully saturated rings. The Kier molecular flexibility index (Phi) is 5.95. The maximum Gasteiger partial charge on any atom is 0.229 e. The van der Waals surface area contributed by atoms with Crippen molar-refractivity contribution in [2.75, 3.05) is 43.4 Å². The van der Waals surface area contributed by atoms with E-state index < -0.39 is 10.8 Å². The van der Waals surface area contributed by atoms with Crippen LogP contribution in [-0.4, -0.2) is 61.9 Å². The Morgan fingerprint density at radius 3 is 2.43 bits per heavy atom. The fourth-order valence-electron chi connectivity index (χ4n) is 4.42. The number of hydrogen-bond acceptors (Lipinski definition) is 7. The van der Waals surface area contributed by atoms with Gasteiger partial charge in [0.15, 0.2) is 5.65 Å². The van der Waals surface area contributed by atoms with Crippen LogP contribution in [0, 0.1) is 5.92 Å². The van der Waals surface area contributed by atoms with Crippen molar-refractivity contribution in [3.63, 3.8) is 0 Å². The van der Waals surface area contributed by atoms with Crippen molar-refractivity contribution in [3.8, 4) is 0 Å². The van der Waals surface area contributed by atoms with E-state index in [1.54, 1.807) is 6.20 Å². The summed E-state index contributed by atoms with van der Waals surface area (Å²) in [6.07, 6.45) is 4.10. The van der Waals surface area contributed by atoms with Crippen LogP contribution < -0.4 is 10.2 Å². The molecule has 1 unspecified atom stereocenters. The highest BCUT2D eigenvalue weighted by molar-refractivity contribution is 7.85. The highest BCUT2D eigenvalue weighted by Gasteiger charge is 2.27. The molecule has 9 heteroatoms. The van der Waals surface area contributed by atoms with Crippen LogP contribution in [0.25, 0.3) is 11.2 Å². The topological polar surface area (TPSA) is 79.2 Å². The molecule has 0 spiro atoms. The highest BCUT2D eigenvalue weighted by Crippen LogP contribution is 2.33. The van der Waals surface area contributed by atoms with Crippen LogP contribution in [0.5, 0.6) is 0 Å². The van der Waals surface area contributed by atoms with Gasteiger partial charge in [-0.1, -0.05) is 18.2 Å². The molecule has 180 valence electrons. The van der Waals surface area contributed by atoms with Gasteiger partial charge in [0.2, 0.25) is 11.1 Å². The number of rotatable bonds is 7. The van der Waals surface area contributed by atoms with Gasteiger partial charge in [0.05, 0.1) is 6.20 Å². The predicted molar refractivity (Wildman–Crippen MR) is 139 cm³/mol. The quantitative estimate of drug-likeness (QED) is 0.424. The van der Waals surface area contributed by atoms with E-state index in [2.05, 4.69) is 56.4 Å². The summed E-state index contributed by atoms with van der Waals surface area (Å²) >= 11 is 0. The number of nitrogens with zero attached hydrogens (tertiary/aromatic N) is 6. The molecule has 3 heterocycles. The number of likely N-dealkylation sites (N-methyl/N-ethyl adjacent to an activating group) is 1. The van der Waals surface area contributed by atoms with Gasteiger partial charge in [-0.2, -0.15) is 4.98 Å². The number of aromatic nitrogens is 4. The number of benzene rings is 2. The van der Waals surface area contributed by atoms with Crippen molar-refractivity contribution in [1.29, 1.82) is 0 Å². The molecule has 2 aliphatic rings. The van der Waals surface area contributed by atoms with Crippen molar-refractivity contribution >= 4 is 39.3 Å². The molecular formula is C26H29N7OS. The van der Waals surface area contributed by atoms with Crippen molar-refractivity contribution in [2.45, 2.75) is 29.4 Å². The molecule has 1 atom stereocenters. The molecule has 8 nitrogen and oxygen atoms in total. The lowest BCUT2D eigenvalue weighted by Gasteiger charge is -2.34. The molecule has 35 heavy (non-hydrogen) atoms. The van der Waals surface area contributed by atoms with Crippen LogP contribution in [-0.2, 0) is 17.3 Å². The zero-order valence-corrected chi connectivity index (χ0v) is 20.6. The average Bonchev–Trinajstić information content (AvgIpc) is 3.65. The first-order valence-corrected chi connectivity index (χ1v) is 13.3. The van der Waals surface area contributed by atoms with Crippen LogP contribution in [0.3, 0.4) is 0 Å². The second-order valence-electron chi connectivity index (χ2n) is 9.39. The molecule has 6 rings (SSSR count). The molecule has 1 N–H and O–H groups in total. The lowest BCUT2D eigenvalue weighted by Crippen LogP contribution is -2.44. The second-order valence-corrected chi connectivity index (χ2v) is 10.8. The summed E-state index contributed by atoms with van der Waals surface area (Å²) in [5, 5.41) is 3.88. The first kappa shape index (κ1) is 22.2. The molecular weight excluding hydrogens is 458 g/mol. The van der Waals surface area contributed by atoms with E-state index in [-0.39, 0.29) is 0 Å². The number of fused-ring (bicyclic) bond motifs is 1. The van der Waals surface area contributed by atoms with Crippen LogP contribution in [0.15, 0.2) is 70.8 Å². The summed E-state index contributed by atoms with van der Waals surface area (Å²) < 4.78 is 15.4. The molecule has 1 saturated heterocycles. The SMILES string of the molecule is CN1CCN(c2ccc(Nc3ncc4nc(S(=O)c5ccccc5)n(CC5CC5)c4n3)cc2)CC1. The second kappa shape index (κ2) is 9.39. The number of anilines is 3. The first-order valence-electron chi connectivity index (χ1n) is 12.1. The van der Waals surface area contributed by atoms with Crippen LogP contribution >= 0.6 is 0 Å². The third-order valence-corrected chi connectivity index (χ3v) is 8.05. The van der Waals surface area contributed by atoms with Gasteiger partial charge in [-0.25, -0.2) is 14.2 Å². The van der Waals surface area contributed by atoms with Crippen molar-refractivity contribution in [2.24, 2.45) is 5.92 Å². The summed E-state index contributed by atoms with van der Waals surface area (Å²) in [7, 11) is 0.791. The van der Waals surface area contributed by atoms with E-state index in [0.29, 0.717) is 22.5 Å². The Morgan fingerprint density at radius 1 is 0.971 bits per heavy atom. The molecule has 1 saturated carbocycles. The molecule has 0 amide bonds. The number of nitrogens with one attached hydrogen (secondary N) is 1. The van der Waals surface area contributed by atoms with Crippen LogP contribution in [0.4, 0.5) is 17.3 Å². The summed E-state index contributed by atoms with van der Waals surface area (Å²) in [5.74, 6) is 1.10. The summed E-state index contributed by atoms with van der Waals surface area (Å²) in [6.45, 7) is 5.03. The van der Waals surface area contributed by atoms with Crippen molar-refractivity contribution < 1.29 is 4.21 Å². The molecule has 1 aliphatic carbocycles. The van der Waals surface area contributed by atoms with Crippen molar-refractivity contribution in [1.82, 2.24) is 24.4 Å². The third-order valence-electron chi connectivity index (χ3n) is 6.71. The van der Waals surface area contributed by atoms with Crippen LogP contribution in [0.2, 0.25) is 0 Å². The average molecular weight is 488 g/mol. The van der Waals surface area contributed by atoms with Gasteiger partial charge >= 0.3 is 0 Å². The number of imidazole rings is 1. The van der Waals surface area contributed by atoms with Gasteiger partial charge < -0.3 is 19.7 Å². The van der Waals surface area contributed by atoms with Gasteiger partial charge in [0.25, 0.3) is 0 Å². The Balaban J connectivity index is 1.26. The summed E-state index contributed by atoms with van der Waals surface area (Å²) in [4.78, 5) is 19.5. The van der Waals surface area contributed by atoms with Gasteiger partial charge in [0.1, 0.15) is 16.3 Å². The smallest absolute Gasteiger partial charge is 0.229 e. The monoisotopic (exact) mass is 487 g/mol. The van der Waals surface area contributed by atoms with Gasteiger partial charge in [-0.05, 0) is 62.2 Å². The van der Waals surface area contributed by atoms with E-state index in [0.717, 1.165) is 49.0 Å². The molecule has 1 aliphatic heterocycles. The summed E-state index contributed by atoms with van der Waals surface area (Å²) in [5.41, 5.74) is 3.56. The Hall–Kier alpha value is -3.30. The molecule has 4 aromatic rings. The Bertz CT molecular complexity index is 1340. The van der Waals surface area contributed by atoms with E-state index in [9.17, 15) is 4.21 Å². The maximum atomic E-state index is 13.4. The number of hydrogen-bond donors (Lipinski definition) is 1. The van der Waals surface area contributed by atoms with Gasteiger partial charge in [0, 0.05) is 49.0 Å². The zero-order valence-electron chi connectivity index (χ0n) is 19.8. The molecule has 2 aromatic carbocycles. The lowest BCUT2D eigenvalue weighted by molar-refractivity contribution is 0.313. The van der Waals surface area contributed by atoms with Crippen molar-refractivity contribution in [3.05, 3.63) is 60.8 Å². The molecule has 0 radical (unpaired) electrons. The normalized spacial score (nSPS) is 17.6. The standard InChI is InChI=1S/C26H29N7OS/c1-31-13-15-32(16-14-31)21-11-9-20(10-12-21)28-25-27-17-23-24(30-25)33(18-19-7-8-19)26(29-23)35(34)22-5-3-2-4-6-22/h2-6,9-12,17,19H,7-8,13-16,18H2,1H3,(H,27,28,30). The lowest BCUT2D eigenvalue weighted by atomic mass is 10.2. The fourth-order valence-corrected chi connectivity index (χ4v) is 5.58. The fraction of sp³-hybridized carbons (Fsp3) is 0.346. The zero-order chi connectivity index (χ0) is 23.8. The maximum absolute atomic E-state index is 13.4.